The van der Waals surface area contributed by atoms with Crippen molar-refractivity contribution in [2.24, 2.45) is 5.73 Å². The summed E-state index contributed by atoms with van der Waals surface area (Å²) in [5.41, 5.74) is 6.15. The van der Waals surface area contributed by atoms with Gasteiger partial charge in [-0.2, -0.15) is 0 Å². The van der Waals surface area contributed by atoms with Gasteiger partial charge in [-0.15, -0.1) is 0 Å². The van der Waals surface area contributed by atoms with Gasteiger partial charge < -0.3 is 20.7 Å². The van der Waals surface area contributed by atoms with Gasteiger partial charge in [-0.25, -0.2) is 4.79 Å². The van der Waals surface area contributed by atoms with Crippen LogP contribution in [0.1, 0.15) is 18.1 Å². The predicted molar refractivity (Wildman–Crippen MR) is 73.8 cm³/mol. The lowest BCUT2D eigenvalue weighted by molar-refractivity contribution is 0.0902. The second-order valence-corrected chi connectivity index (χ2v) is 4.72. The lowest BCUT2D eigenvalue weighted by Crippen LogP contribution is -2.44. The van der Waals surface area contributed by atoms with Crippen LogP contribution in [-0.2, 0) is 4.74 Å². The monoisotopic (exact) mass is 263 g/mol. The summed E-state index contributed by atoms with van der Waals surface area (Å²) in [5, 5.41) is 3.32. The number of benzene rings is 1. The Labute approximate surface area is 113 Å². The van der Waals surface area contributed by atoms with Crippen LogP contribution in [0.25, 0.3) is 0 Å². The fourth-order valence-electron chi connectivity index (χ4n) is 2.34. The first kappa shape index (κ1) is 13.8. The molecule has 0 aromatic heterocycles. The predicted octanol–water partition coefficient (Wildman–Crippen LogP) is 1.12. The molecule has 2 rings (SSSR count). The van der Waals surface area contributed by atoms with E-state index >= 15 is 0 Å². The Bertz CT molecular complexity index is 391. The lowest BCUT2D eigenvalue weighted by atomic mass is 10.1. The van der Waals surface area contributed by atoms with E-state index in [1.165, 1.54) is 0 Å². The second-order valence-electron chi connectivity index (χ2n) is 4.72. The molecule has 0 spiro atoms. The van der Waals surface area contributed by atoms with Crippen molar-refractivity contribution in [3.8, 4) is 0 Å². The highest BCUT2D eigenvalue weighted by Crippen LogP contribution is 2.21. The van der Waals surface area contributed by atoms with E-state index in [1.54, 1.807) is 0 Å². The molecule has 1 aliphatic heterocycles. The molecule has 5 nitrogen and oxygen atoms in total. The van der Waals surface area contributed by atoms with Gasteiger partial charge in [0.15, 0.2) is 0 Å². The number of amides is 1. The molecule has 1 unspecified atom stereocenters. The molecule has 1 amide bonds. The molecule has 104 valence electrons. The minimum Gasteiger partial charge on any atom is -0.441 e. The third kappa shape index (κ3) is 4.54. The quantitative estimate of drug-likeness (QED) is 0.835. The molecular weight excluding hydrogens is 242 g/mol. The van der Waals surface area contributed by atoms with Gasteiger partial charge in [0, 0.05) is 39.1 Å². The molecule has 0 radical (unpaired) electrons. The van der Waals surface area contributed by atoms with E-state index in [0.29, 0.717) is 0 Å². The number of nitrogens with two attached hydrogens (primary N) is 1. The number of rotatable bonds is 5. The molecule has 1 aromatic rings. The van der Waals surface area contributed by atoms with Crippen LogP contribution < -0.4 is 11.1 Å². The van der Waals surface area contributed by atoms with Crippen molar-refractivity contribution in [1.29, 1.82) is 0 Å². The van der Waals surface area contributed by atoms with Crippen molar-refractivity contribution in [2.45, 2.75) is 12.5 Å². The van der Waals surface area contributed by atoms with Gasteiger partial charge in [0.05, 0.1) is 0 Å². The Morgan fingerprint density at radius 3 is 2.63 bits per heavy atom. The number of hydrogen-bond donors (Lipinski definition) is 2. The zero-order valence-electron chi connectivity index (χ0n) is 11.0. The third-order valence-corrected chi connectivity index (χ3v) is 3.35. The van der Waals surface area contributed by atoms with E-state index in [-0.39, 0.29) is 6.10 Å². The van der Waals surface area contributed by atoms with Gasteiger partial charge in [-0.1, -0.05) is 30.3 Å². The first-order valence-corrected chi connectivity index (χ1v) is 6.70. The largest absolute Gasteiger partial charge is 0.441 e. The fraction of sp³-hybridized carbons (Fsp3) is 0.500. The summed E-state index contributed by atoms with van der Waals surface area (Å²) in [6.07, 6.45) is -0.199. The topological polar surface area (TPSA) is 67.6 Å². The number of nitrogens with one attached hydrogen (secondary N) is 1. The molecule has 1 saturated heterocycles. The van der Waals surface area contributed by atoms with E-state index in [0.717, 1.165) is 44.7 Å². The number of piperazine rings is 1. The summed E-state index contributed by atoms with van der Waals surface area (Å²) in [7, 11) is 0. The van der Waals surface area contributed by atoms with E-state index in [4.69, 9.17) is 10.5 Å². The minimum atomic E-state index is -0.714. The van der Waals surface area contributed by atoms with Gasteiger partial charge in [-0.05, 0) is 5.56 Å². The first-order chi connectivity index (χ1) is 9.25. The summed E-state index contributed by atoms with van der Waals surface area (Å²) in [6, 6.07) is 9.76. The zero-order valence-corrected chi connectivity index (χ0v) is 11.0. The van der Waals surface area contributed by atoms with Crippen LogP contribution in [0.5, 0.6) is 0 Å². The van der Waals surface area contributed by atoms with Gasteiger partial charge in [-0.3, -0.25) is 0 Å². The van der Waals surface area contributed by atoms with Gasteiger partial charge in [0.1, 0.15) is 6.10 Å². The summed E-state index contributed by atoms with van der Waals surface area (Å²) in [4.78, 5) is 13.4. The van der Waals surface area contributed by atoms with Crippen LogP contribution >= 0.6 is 0 Å². The first-order valence-electron chi connectivity index (χ1n) is 6.70. The van der Waals surface area contributed by atoms with Crippen molar-refractivity contribution >= 4 is 6.09 Å². The van der Waals surface area contributed by atoms with Crippen molar-refractivity contribution < 1.29 is 9.53 Å². The summed E-state index contributed by atoms with van der Waals surface area (Å²) >= 11 is 0. The van der Waals surface area contributed by atoms with Crippen LogP contribution in [0.2, 0.25) is 0 Å². The molecule has 0 aliphatic carbocycles. The summed E-state index contributed by atoms with van der Waals surface area (Å²) in [6.45, 7) is 5.03. The van der Waals surface area contributed by atoms with Crippen LogP contribution in [0, 0.1) is 0 Å². The van der Waals surface area contributed by atoms with Gasteiger partial charge in [0.25, 0.3) is 0 Å². The number of nitrogens with zero attached hydrogens (tertiary/aromatic N) is 1. The highest BCUT2D eigenvalue weighted by molar-refractivity contribution is 5.65. The highest BCUT2D eigenvalue weighted by Gasteiger charge is 2.17. The molecular formula is C14H21N3O2. The van der Waals surface area contributed by atoms with E-state index in [9.17, 15) is 4.79 Å². The Hall–Kier alpha value is -1.59. The van der Waals surface area contributed by atoms with Gasteiger partial charge in [0.2, 0.25) is 0 Å². The smallest absolute Gasteiger partial charge is 0.405 e. The number of primary amides is 1. The van der Waals surface area contributed by atoms with Gasteiger partial charge >= 0.3 is 6.09 Å². The molecule has 19 heavy (non-hydrogen) atoms. The molecule has 1 aromatic carbocycles. The molecule has 1 aliphatic rings. The maximum Gasteiger partial charge on any atom is 0.405 e. The standard InChI is InChI=1S/C14H21N3O2/c15-14(18)19-13(12-4-2-1-3-5-12)6-9-17-10-7-16-8-11-17/h1-5,13,16H,6-11H2,(H2,15,18). The van der Waals surface area contributed by atoms with Crippen molar-refractivity contribution in [3.05, 3.63) is 35.9 Å². The molecule has 1 atom stereocenters. The second kappa shape index (κ2) is 7.11. The lowest BCUT2D eigenvalue weighted by Gasteiger charge is -2.28. The van der Waals surface area contributed by atoms with Crippen molar-refractivity contribution in [3.63, 3.8) is 0 Å². The molecule has 0 bridgehead atoms. The Balaban J connectivity index is 1.92. The fourth-order valence-corrected chi connectivity index (χ4v) is 2.34. The normalized spacial score (nSPS) is 17.9. The van der Waals surface area contributed by atoms with Crippen LogP contribution in [-0.4, -0.2) is 43.7 Å². The number of ether oxygens (including phenoxy) is 1. The van der Waals surface area contributed by atoms with Crippen LogP contribution in [0.15, 0.2) is 30.3 Å². The molecule has 0 saturated carbocycles. The van der Waals surface area contributed by atoms with Crippen molar-refractivity contribution in [2.75, 3.05) is 32.7 Å². The number of hydrogen-bond acceptors (Lipinski definition) is 4. The van der Waals surface area contributed by atoms with E-state index in [1.807, 2.05) is 30.3 Å². The Morgan fingerprint density at radius 2 is 2.00 bits per heavy atom. The summed E-state index contributed by atoms with van der Waals surface area (Å²) in [5.74, 6) is 0. The number of carbonyl (C=O) groups excluding carboxylic acids is 1. The molecule has 1 heterocycles. The Kier molecular flexibility index (Phi) is 5.18. The van der Waals surface area contributed by atoms with E-state index in [2.05, 4.69) is 10.2 Å². The zero-order chi connectivity index (χ0) is 13.5. The molecule has 3 N–H and O–H groups in total. The number of carbonyl (C=O) groups is 1. The summed E-state index contributed by atoms with van der Waals surface area (Å²) < 4.78 is 5.22. The maximum atomic E-state index is 11.0. The minimum absolute atomic E-state index is 0.256. The van der Waals surface area contributed by atoms with Crippen LogP contribution in [0.4, 0.5) is 4.79 Å². The SMILES string of the molecule is NC(=O)OC(CCN1CCNCC1)c1ccccc1. The van der Waals surface area contributed by atoms with Crippen molar-refractivity contribution in [1.82, 2.24) is 10.2 Å². The van der Waals surface area contributed by atoms with Crippen LogP contribution in [0.3, 0.4) is 0 Å². The average Bonchev–Trinajstić information content (AvgIpc) is 2.45. The molecule has 5 heteroatoms. The third-order valence-electron chi connectivity index (χ3n) is 3.35. The van der Waals surface area contributed by atoms with E-state index < -0.39 is 6.09 Å². The highest BCUT2D eigenvalue weighted by atomic mass is 16.6. The average molecular weight is 263 g/mol. The molecule has 1 fully saturated rings. The maximum absolute atomic E-state index is 11.0. The Morgan fingerprint density at radius 1 is 1.32 bits per heavy atom.